The zero-order chi connectivity index (χ0) is 15.1. The Kier molecular flexibility index (Phi) is 3.30. The first-order valence-electron chi connectivity index (χ1n) is 6.96. The van der Waals surface area contributed by atoms with Crippen LogP contribution in [0.1, 0.15) is 27.7 Å². The molecular weight excluding hydrogens is 265 g/mol. The van der Waals surface area contributed by atoms with E-state index in [0.29, 0.717) is 0 Å². The van der Waals surface area contributed by atoms with Crippen LogP contribution in [0, 0.1) is 0 Å². The van der Waals surface area contributed by atoms with Gasteiger partial charge < -0.3 is 9.31 Å². The Labute approximate surface area is 124 Å². The van der Waals surface area contributed by atoms with E-state index >= 15 is 0 Å². The second-order valence-corrected chi connectivity index (χ2v) is 6.19. The van der Waals surface area contributed by atoms with Gasteiger partial charge in [0.15, 0.2) is 0 Å². The summed E-state index contributed by atoms with van der Waals surface area (Å²) in [5.74, 6) is 0. The van der Waals surface area contributed by atoms with Crippen molar-refractivity contribution in [2.45, 2.75) is 38.9 Å². The van der Waals surface area contributed by atoms with Crippen molar-refractivity contribution < 1.29 is 9.31 Å². The quantitative estimate of drug-likeness (QED) is 0.787. The fourth-order valence-electron chi connectivity index (χ4n) is 2.13. The molecule has 2 aromatic rings. The number of pyridine rings is 1. The Hall–Kier alpha value is -1.79. The molecule has 1 saturated heterocycles. The predicted octanol–water partition coefficient (Wildman–Crippen LogP) is 1.84. The summed E-state index contributed by atoms with van der Waals surface area (Å²) in [5.41, 5.74) is 1.96. The molecule has 21 heavy (non-hydrogen) atoms. The van der Waals surface area contributed by atoms with E-state index in [2.05, 4.69) is 15.0 Å². The van der Waals surface area contributed by atoms with Crippen LogP contribution < -0.4 is 5.59 Å². The van der Waals surface area contributed by atoms with Gasteiger partial charge in [0.1, 0.15) is 6.33 Å². The van der Waals surface area contributed by atoms with Gasteiger partial charge in [0.25, 0.3) is 0 Å². The molecule has 0 aromatic carbocycles. The lowest BCUT2D eigenvalue weighted by Gasteiger charge is -2.32. The Morgan fingerprint density at radius 1 is 0.857 bits per heavy atom. The maximum absolute atomic E-state index is 5.99. The average Bonchev–Trinajstić information content (AvgIpc) is 2.69. The summed E-state index contributed by atoms with van der Waals surface area (Å²) < 4.78 is 12.0. The molecule has 1 fully saturated rings. The van der Waals surface area contributed by atoms with E-state index in [1.165, 1.54) is 6.33 Å². The van der Waals surface area contributed by atoms with Gasteiger partial charge in [-0.2, -0.15) is 0 Å². The molecule has 0 radical (unpaired) electrons. The zero-order valence-electron chi connectivity index (χ0n) is 12.7. The zero-order valence-corrected chi connectivity index (χ0v) is 12.7. The molecule has 6 heteroatoms. The highest BCUT2D eigenvalue weighted by molar-refractivity contribution is 6.61. The molecular formula is C15H18BN3O2. The SMILES string of the molecule is CC1(C)OB(c2ccc(-c3cncnc3)cn2)OC1(C)C. The third kappa shape index (κ3) is 2.56. The molecule has 1 aliphatic heterocycles. The Balaban J connectivity index is 1.83. The Morgan fingerprint density at radius 3 is 2.00 bits per heavy atom. The van der Waals surface area contributed by atoms with Crippen LogP contribution in [0.5, 0.6) is 0 Å². The molecule has 108 valence electrons. The third-order valence-electron chi connectivity index (χ3n) is 4.18. The van der Waals surface area contributed by atoms with Crippen molar-refractivity contribution in [3.05, 3.63) is 37.1 Å². The van der Waals surface area contributed by atoms with Crippen molar-refractivity contribution in [2.75, 3.05) is 0 Å². The predicted molar refractivity (Wildman–Crippen MR) is 81.0 cm³/mol. The first-order valence-corrected chi connectivity index (χ1v) is 6.96. The molecule has 0 N–H and O–H groups in total. The molecule has 0 spiro atoms. The van der Waals surface area contributed by atoms with E-state index in [-0.39, 0.29) is 11.2 Å². The Morgan fingerprint density at radius 2 is 1.48 bits per heavy atom. The smallest absolute Gasteiger partial charge is 0.398 e. The van der Waals surface area contributed by atoms with Gasteiger partial charge in [-0.1, -0.05) is 6.07 Å². The molecule has 3 heterocycles. The summed E-state index contributed by atoms with van der Waals surface area (Å²) >= 11 is 0. The molecule has 0 unspecified atom stereocenters. The number of rotatable bonds is 2. The topological polar surface area (TPSA) is 57.1 Å². The van der Waals surface area contributed by atoms with Crippen molar-refractivity contribution in [3.63, 3.8) is 0 Å². The van der Waals surface area contributed by atoms with Crippen molar-refractivity contribution in [1.82, 2.24) is 15.0 Å². The van der Waals surface area contributed by atoms with Gasteiger partial charge in [-0.25, -0.2) is 9.97 Å². The van der Waals surface area contributed by atoms with Crippen LogP contribution in [0.25, 0.3) is 11.1 Å². The van der Waals surface area contributed by atoms with E-state index in [0.717, 1.165) is 16.7 Å². The van der Waals surface area contributed by atoms with Gasteiger partial charge in [-0.05, 0) is 33.8 Å². The van der Waals surface area contributed by atoms with Gasteiger partial charge in [-0.15, -0.1) is 0 Å². The van der Waals surface area contributed by atoms with Crippen LogP contribution in [-0.2, 0) is 9.31 Å². The highest BCUT2D eigenvalue weighted by atomic mass is 16.7. The van der Waals surface area contributed by atoms with E-state index in [9.17, 15) is 0 Å². The second-order valence-electron chi connectivity index (χ2n) is 6.19. The molecule has 2 aromatic heterocycles. The number of nitrogens with zero attached hydrogens (tertiary/aromatic N) is 3. The maximum Gasteiger partial charge on any atom is 0.514 e. The first-order chi connectivity index (χ1) is 9.89. The third-order valence-corrected chi connectivity index (χ3v) is 4.18. The van der Waals surface area contributed by atoms with Gasteiger partial charge in [-0.3, -0.25) is 4.98 Å². The number of hydrogen-bond acceptors (Lipinski definition) is 5. The van der Waals surface area contributed by atoms with Crippen molar-refractivity contribution >= 4 is 12.7 Å². The summed E-state index contributed by atoms with van der Waals surface area (Å²) in [4.78, 5) is 12.5. The highest BCUT2D eigenvalue weighted by Crippen LogP contribution is 2.36. The molecule has 1 aliphatic rings. The normalized spacial score (nSPS) is 19.7. The lowest BCUT2D eigenvalue weighted by Crippen LogP contribution is -2.41. The first kappa shape index (κ1) is 14.2. The minimum Gasteiger partial charge on any atom is -0.398 e. The van der Waals surface area contributed by atoms with Gasteiger partial charge in [0.05, 0.1) is 16.8 Å². The number of aromatic nitrogens is 3. The Bertz CT molecular complexity index is 613. The largest absolute Gasteiger partial charge is 0.514 e. The van der Waals surface area contributed by atoms with Crippen molar-refractivity contribution in [1.29, 1.82) is 0 Å². The standard InChI is InChI=1S/C15H18BN3O2/c1-14(2)15(3,4)21-16(20-14)13-6-5-11(9-19-13)12-7-17-10-18-8-12/h5-10H,1-4H3. The van der Waals surface area contributed by atoms with Crippen LogP contribution in [0.3, 0.4) is 0 Å². The molecule has 0 atom stereocenters. The van der Waals surface area contributed by atoms with E-state index in [1.54, 1.807) is 18.6 Å². The fourth-order valence-corrected chi connectivity index (χ4v) is 2.13. The van der Waals surface area contributed by atoms with Gasteiger partial charge in [0.2, 0.25) is 0 Å². The van der Waals surface area contributed by atoms with Crippen LogP contribution in [-0.4, -0.2) is 33.3 Å². The number of hydrogen-bond donors (Lipinski definition) is 0. The summed E-state index contributed by atoms with van der Waals surface area (Å²) in [6, 6.07) is 3.90. The van der Waals surface area contributed by atoms with E-state index < -0.39 is 7.12 Å². The molecule has 0 bridgehead atoms. The minimum absolute atomic E-state index is 0.356. The molecule has 3 rings (SSSR count). The monoisotopic (exact) mass is 283 g/mol. The molecule has 0 saturated carbocycles. The average molecular weight is 283 g/mol. The van der Waals surface area contributed by atoms with Crippen LogP contribution in [0.2, 0.25) is 0 Å². The van der Waals surface area contributed by atoms with Crippen LogP contribution in [0.4, 0.5) is 0 Å². The molecule has 0 aliphatic carbocycles. The lowest BCUT2D eigenvalue weighted by atomic mass is 9.84. The summed E-state index contributed by atoms with van der Waals surface area (Å²) in [6.45, 7) is 8.12. The van der Waals surface area contributed by atoms with Gasteiger partial charge >= 0.3 is 7.12 Å². The highest BCUT2D eigenvalue weighted by Gasteiger charge is 2.52. The fraction of sp³-hybridized carbons (Fsp3) is 0.400. The molecule has 0 amide bonds. The summed E-state index contributed by atoms with van der Waals surface area (Å²) in [7, 11) is -0.434. The minimum atomic E-state index is -0.434. The van der Waals surface area contributed by atoms with Crippen LogP contribution in [0.15, 0.2) is 37.1 Å². The van der Waals surface area contributed by atoms with Crippen molar-refractivity contribution in [3.8, 4) is 11.1 Å². The van der Waals surface area contributed by atoms with E-state index in [4.69, 9.17) is 9.31 Å². The maximum atomic E-state index is 5.99. The summed E-state index contributed by atoms with van der Waals surface area (Å²) in [6.07, 6.45) is 6.83. The molecule has 5 nitrogen and oxygen atoms in total. The summed E-state index contributed by atoms with van der Waals surface area (Å²) in [5, 5.41) is 0. The van der Waals surface area contributed by atoms with Gasteiger partial charge in [0, 0.05) is 29.7 Å². The lowest BCUT2D eigenvalue weighted by molar-refractivity contribution is 0.00578. The van der Waals surface area contributed by atoms with Crippen molar-refractivity contribution in [2.24, 2.45) is 0 Å². The van der Waals surface area contributed by atoms with E-state index in [1.807, 2.05) is 39.8 Å². The van der Waals surface area contributed by atoms with Crippen LogP contribution >= 0.6 is 0 Å². The second kappa shape index (κ2) is 4.89.